The van der Waals surface area contributed by atoms with Crippen LogP contribution in [0.25, 0.3) is 0 Å². The number of tetrazole rings is 1. The number of aromatic nitrogens is 4. The minimum absolute atomic E-state index is 0.0132. The Hall–Kier alpha value is -1.50. The molecule has 1 aromatic rings. The third-order valence-corrected chi connectivity index (χ3v) is 1.98. The van der Waals surface area contributed by atoms with Crippen molar-refractivity contribution >= 4 is 5.91 Å². The predicted octanol–water partition coefficient (Wildman–Crippen LogP) is -0.494. The molecular weight excluding hydrogens is 196 g/mol. The van der Waals surface area contributed by atoms with E-state index in [1.165, 1.54) is 0 Å². The maximum absolute atomic E-state index is 11.4. The van der Waals surface area contributed by atoms with Crippen LogP contribution < -0.4 is 11.1 Å². The molecule has 0 fully saturated rings. The van der Waals surface area contributed by atoms with Gasteiger partial charge in [0.25, 0.3) is 0 Å². The molecule has 0 saturated heterocycles. The van der Waals surface area contributed by atoms with Crippen molar-refractivity contribution in [3.8, 4) is 0 Å². The van der Waals surface area contributed by atoms with Crippen molar-refractivity contribution in [2.45, 2.75) is 32.2 Å². The molecule has 1 rings (SSSR count). The van der Waals surface area contributed by atoms with E-state index in [4.69, 9.17) is 5.73 Å². The number of amides is 1. The van der Waals surface area contributed by atoms with Crippen LogP contribution in [0.2, 0.25) is 0 Å². The standard InChI is InChI=1S/C8H16N6O/c1-6(8-11-13-14-12-8)10-7(15)4-2-3-5-9/h6H,2-5,9H2,1H3,(H,10,15)(H,11,12,13,14). The SMILES string of the molecule is CC(NC(=O)CCCCN)c1nn[nH]n1. The molecule has 0 aliphatic heterocycles. The predicted molar refractivity (Wildman–Crippen MR) is 53.6 cm³/mol. The van der Waals surface area contributed by atoms with Gasteiger partial charge in [0, 0.05) is 6.42 Å². The summed E-state index contributed by atoms with van der Waals surface area (Å²) >= 11 is 0. The summed E-state index contributed by atoms with van der Waals surface area (Å²) in [6.07, 6.45) is 2.16. The Labute approximate surface area is 87.8 Å². The van der Waals surface area contributed by atoms with E-state index in [1.54, 1.807) is 0 Å². The van der Waals surface area contributed by atoms with Crippen LogP contribution in [0.3, 0.4) is 0 Å². The normalized spacial score (nSPS) is 12.4. The zero-order valence-electron chi connectivity index (χ0n) is 8.73. The van der Waals surface area contributed by atoms with E-state index < -0.39 is 0 Å². The average Bonchev–Trinajstić information content (AvgIpc) is 2.70. The molecule has 0 aliphatic rings. The second-order valence-corrected chi connectivity index (χ2v) is 3.30. The number of aromatic amines is 1. The Balaban J connectivity index is 2.26. The molecule has 84 valence electrons. The van der Waals surface area contributed by atoms with Crippen LogP contribution in [0.4, 0.5) is 0 Å². The summed E-state index contributed by atoms with van der Waals surface area (Å²) in [5, 5.41) is 16.1. The average molecular weight is 212 g/mol. The lowest BCUT2D eigenvalue weighted by molar-refractivity contribution is -0.121. The Morgan fingerprint density at radius 2 is 2.40 bits per heavy atom. The van der Waals surface area contributed by atoms with Gasteiger partial charge in [-0.1, -0.05) is 5.21 Å². The highest BCUT2D eigenvalue weighted by Gasteiger charge is 2.12. The highest BCUT2D eigenvalue weighted by molar-refractivity contribution is 5.76. The number of H-pyrrole nitrogens is 1. The van der Waals surface area contributed by atoms with Crippen LogP contribution in [-0.4, -0.2) is 33.1 Å². The highest BCUT2D eigenvalue weighted by atomic mass is 16.1. The van der Waals surface area contributed by atoms with Crippen molar-refractivity contribution in [3.63, 3.8) is 0 Å². The first-order valence-electron chi connectivity index (χ1n) is 4.97. The van der Waals surface area contributed by atoms with E-state index in [9.17, 15) is 4.79 Å². The molecule has 0 bridgehead atoms. The Bertz CT molecular complexity index is 285. The largest absolute Gasteiger partial charge is 0.346 e. The van der Waals surface area contributed by atoms with Crippen LogP contribution in [-0.2, 0) is 4.79 Å². The van der Waals surface area contributed by atoms with Gasteiger partial charge in [-0.3, -0.25) is 4.79 Å². The fourth-order valence-corrected chi connectivity index (χ4v) is 1.16. The molecule has 0 aliphatic carbocycles. The molecule has 15 heavy (non-hydrogen) atoms. The first kappa shape index (κ1) is 11.6. The van der Waals surface area contributed by atoms with Gasteiger partial charge in [0.05, 0.1) is 6.04 Å². The zero-order chi connectivity index (χ0) is 11.1. The molecule has 1 atom stereocenters. The van der Waals surface area contributed by atoms with E-state index in [0.717, 1.165) is 12.8 Å². The molecule has 1 unspecified atom stereocenters. The fraction of sp³-hybridized carbons (Fsp3) is 0.750. The lowest BCUT2D eigenvalue weighted by Gasteiger charge is -2.09. The molecule has 7 heteroatoms. The Kier molecular flexibility index (Phi) is 4.69. The number of hydrogen-bond acceptors (Lipinski definition) is 5. The van der Waals surface area contributed by atoms with Gasteiger partial charge in [0.2, 0.25) is 5.91 Å². The van der Waals surface area contributed by atoms with Crippen molar-refractivity contribution in [2.75, 3.05) is 6.54 Å². The smallest absolute Gasteiger partial charge is 0.220 e. The molecule has 1 heterocycles. The topological polar surface area (TPSA) is 110 Å². The van der Waals surface area contributed by atoms with Crippen LogP contribution >= 0.6 is 0 Å². The van der Waals surface area contributed by atoms with E-state index in [2.05, 4.69) is 25.9 Å². The van der Waals surface area contributed by atoms with Gasteiger partial charge < -0.3 is 11.1 Å². The summed E-state index contributed by atoms with van der Waals surface area (Å²) in [7, 11) is 0. The summed E-state index contributed by atoms with van der Waals surface area (Å²) in [5.74, 6) is 0.475. The van der Waals surface area contributed by atoms with Crippen molar-refractivity contribution in [1.82, 2.24) is 25.9 Å². The number of nitrogens with zero attached hydrogens (tertiary/aromatic N) is 3. The van der Waals surface area contributed by atoms with Crippen LogP contribution in [0.1, 0.15) is 38.1 Å². The van der Waals surface area contributed by atoms with Gasteiger partial charge in [-0.2, -0.15) is 5.21 Å². The summed E-state index contributed by atoms with van der Waals surface area (Å²) in [4.78, 5) is 11.4. The van der Waals surface area contributed by atoms with E-state index >= 15 is 0 Å². The third-order valence-electron chi connectivity index (χ3n) is 1.98. The monoisotopic (exact) mass is 212 g/mol. The molecule has 1 amide bonds. The second kappa shape index (κ2) is 6.07. The number of nitrogens with one attached hydrogen (secondary N) is 2. The minimum atomic E-state index is -0.214. The highest BCUT2D eigenvalue weighted by Crippen LogP contribution is 2.04. The maximum Gasteiger partial charge on any atom is 0.220 e. The number of hydrogen-bond donors (Lipinski definition) is 3. The van der Waals surface area contributed by atoms with Gasteiger partial charge in [-0.25, -0.2) is 0 Å². The Morgan fingerprint density at radius 3 is 3.00 bits per heavy atom. The molecule has 4 N–H and O–H groups in total. The van der Waals surface area contributed by atoms with Crippen LogP contribution in [0.5, 0.6) is 0 Å². The number of rotatable bonds is 6. The number of unbranched alkanes of at least 4 members (excludes halogenated alkanes) is 1. The van der Waals surface area contributed by atoms with E-state index in [1.807, 2.05) is 6.92 Å². The molecule has 0 aromatic carbocycles. The summed E-state index contributed by atoms with van der Waals surface area (Å²) in [5.41, 5.74) is 5.33. The van der Waals surface area contributed by atoms with Crippen molar-refractivity contribution < 1.29 is 4.79 Å². The van der Waals surface area contributed by atoms with Crippen molar-refractivity contribution in [1.29, 1.82) is 0 Å². The van der Waals surface area contributed by atoms with Crippen molar-refractivity contribution in [2.24, 2.45) is 5.73 Å². The molecular formula is C8H16N6O. The van der Waals surface area contributed by atoms with Gasteiger partial charge >= 0.3 is 0 Å². The number of nitrogens with two attached hydrogens (primary N) is 1. The lowest BCUT2D eigenvalue weighted by atomic mass is 10.2. The lowest BCUT2D eigenvalue weighted by Crippen LogP contribution is -2.27. The summed E-state index contributed by atoms with van der Waals surface area (Å²) in [6, 6.07) is -0.214. The zero-order valence-corrected chi connectivity index (χ0v) is 8.73. The molecule has 1 aromatic heterocycles. The van der Waals surface area contributed by atoms with Gasteiger partial charge in [-0.15, -0.1) is 10.2 Å². The molecule has 0 spiro atoms. The third kappa shape index (κ3) is 4.03. The van der Waals surface area contributed by atoms with Crippen LogP contribution in [0.15, 0.2) is 0 Å². The molecule has 7 nitrogen and oxygen atoms in total. The van der Waals surface area contributed by atoms with Crippen molar-refractivity contribution in [3.05, 3.63) is 5.82 Å². The number of carbonyl (C=O) groups excluding carboxylic acids is 1. The first-order valence-corrected chi connectivity index (χ1v) is 4.97. The second-order valence-electron chi connectivity index (χ2n) is 3.30. The summed E-state index contributed by atoms with van der Waals surface area (Å²) in [6.45, 7) is 2.43. The summed E-state index contributed by atoms with van der Waals surface area (Å²) < 4.78 is 0. The Morgan fingerprint density at radius 1 is 1.60 bits per heavy atom. The van der Waals surface area contributed by atoms with Gasteiger partial charge in [-0.05, 0) is 26.3 Å². The number of carbonyl (C=O) groups is 1. The van der Waals surface area contributed by atoms with E-state index in [0.29, 0.717) is 18.8 Å². The van der Waals surface area contributed by atoms with Crippen LogP contribution in [0, 0.1) is 0 Å². The molecule has 0 radical (unpaired) electrons. The fourth-order valence-electron chi connectivity index (χ4n) is 1.16. The quantitative estimate of drug-likeness (QED) is 0.551. The first-order chi connectivity index (χ1) is 7.24. The molecule has 0 saturated carbocycles. The van der Waals surface area contributed by atoms with E-state index in [-0.39, 0.29) is 11.9 Å². The van der Waals surface area contributed by atoms with Gasteiger partial charge in [0.15, 0.2) is 5.82 Å². The minimum Gasteiger partial charge on any atom is -0.346 e. The maximum atomic E-state index is 11.4. The van der Waals surface area contributed by atoms with Gasteiger partial charge in [0.1, 0.15) is 0 Å².